The van der Waals surface area contributed by atoms with Crippen LogP contribution in [-0.2, 0) is 24.4 Å². The first-order chi connectivity index (χ1) is 11.2. The quantitative estimate of drug-likeness (QED) is 0.886. The molecule has 2 bridgehead atoms. The van der Waals surface area contributed by atoms with E-state index in [1.165, 1.54) is 12.1 Å². The number of aliphatic carboxylic acids is 1. The van der Waals surface area contributed by atoms with Crippen LogP contribution in [0.3, 0.4) is 0 Å². The van der Waals surface area contributed by atoms with Crippen molar-refractivity contribution in [3.8, 4) is 0 Å². The number of hydrogen-bond donors (Lipinski definition) is 2. The average molecular weight is 318 g/mol. The number of piperidine rings is 2. The Morgan fingerprint density at radius 3 is 2.83 bits per heavy atom. The number of nitrogens with zero attached hydrogens (tertiary/aromatic N) is 3. The van der Waals surface area contributed by atoms with Crippen molar-refractivity contribution < 1.29 is 9.90 Å². The topological polar surface area (TPSA) is 70.4 Å². The first kappa shape index (κ1) is 15.1. The molecule has 1 aromatic rings. The third kappa shape index (κ3) is 3.02. The Kier molecular flexibility index (Phi) is 4.11. The second-order valence-electron chi connectivity index (χ2n) is 7.30. The highest BCUT2D eigenvalue weighted by atomic mass is 16.4. The fraction of sp³-hybridized carbons (Fsp3) is 0.765. The molecule has 6 nitrogen and oxygen atoms in total. The van der Waals surface area contributed by atoms with Crippen molar-refractivity contribution in [1.29, 1.82) is 0 Å². The molecule has 3 aliphatic rings. The van der Waals surface area contributed by atoms with Crippen molar-refractivity contribution >= 4 is 5.97 Å². The first-order valence-electron chi connectivity index (χ1n) is 8.95. The maximum Gasteiger partial charge on any atom is 0.306 e. The van der Waals surface area contributed by atoms with Crippen LogP contribution in [0.2, 0.25) is 0 Å². The van der Waals surface area contributed by atoms with Crippen LogP contribution in [0, 0.1) is 5.92 Å². The molecule has 0 saturated carbocycles. The fourth-order valence-corrected chi connectivity index (χ4v) is 4.62. The second-order valence-corrected chi connectivity index (χ2v) is 7.30. The molecule has 2 unspecified atom stereocenters. The van der Waals surface area contributed by atoms with Gasteiger partial charge in [0.25, 0.3) is 0 Å². The predicted octanol–water partition coefficient (Wildman–Crippen LogP) is 1.59. The molecule has 0 radical (unpaired) electrons. The molecule has 1 aromatic heterocycles. The normalized spacial score (nSPS) is 31.4. The van der Waals surface area contributed by atoms with E-state index in [-0.39, 0.29) is 5.92 Å². The molecular weight excluding hydrogens is 292 g/mol. The van der Waals surface area contributed by atoms with Gasteiger partial charge in [-0.15, -0.1) is 0 Å². The van der Waals surface area contributed by atoms with Crippen molar-refractivity contribution in [3.63, 3.8) is 0 Å². The zero-order valence-corrected chi connectivity index (χ0v) is 13.6. The zero-order valence-electron chi connectivity index (χ0n) is 13.6. The van der Waals surface area contributed by atoms with E-state index in [2.05, 4.69) is 21.0 Å². The molecule has 2 fully saturated rings. The summed E-state index contributed by atoms with van der Waals surface area (Å²) in [7, 11) is 0. The Bertz CT molecular complexity index is 548. The van der Waals surface area contributed by atoms with Crippen LogP contribution in [0.1, 0.15) is 49.9 Å². The SMILES string of the molecule is O=C(O)C1CC2CCCC(C1)N2Cc1cc2n(n1)CCCNC2. The van der Waals surface area contributed by atoms with E-state index in [4.69, 9.17) is 5.10 Å². The van der Waals surface area contributed by atoms with Crippen molar-refractivity contribution in [1.82, 2.24) is 20.0 Å². The summed E-state index contributed by atoms with van der Waals surface area (Å²) in [6.07, 6.45) is 6.25. The van der Waals surface area contributed by atoms with E-state index in [1.807, 2.05) is 0 Å². The third-order valence-corrected chi connectivity index (χ3v) is 5.76. The van der Waals surface area contributed by atoms with Crippen LogP contribution in [0.4, 0.5) is 0 Å². The lowest BCUT2D eigenvalue weighted by Gasteiger charge is -2.47. The van der Waals surface area contributed by atoms with Gasteiger partial charge in [0.2, 0.25) is 0 Å². The largest absolute Gasteiger partial charge is 0.481 e. The van der Waals surface area contributed by atoms with Crippen LogP contribution < -0.4 is 5.32 Å². The van der Waals surface area contributed by atoms with E-state index in [9.17, 15) is 9.90 Å². The van der Waals surface area contributed by atoms with Gasteiger partial charge in [-0.05, 0) is 44.7 Å². The van der Waals surface area contributed by atoms with E-state index >= 15 is 0 Å². The van der Waals surface area contributed by atoms with Crippen LogP contribution in [-0.4, -0.2) is 44.4 Å². The zero-order chi connectivity index (χ0) is 15.8. The minimum Gasteiger partial charge on any atom is -0.481 e. The average Bonchev–Trinajstić information content (AvgIpc) is 2.75. The van der Waals surface area contributed by atoms with Gasteiger partial charge >= 0.3 is 5.97 Å². The lowest BCUT2D eigenvalue weighted by molar-refractivity contribution is -0.146. The molecule has 6 heteroatoms. The summed E-state index contributed by atoms with van der Waals surface area (Å²) < 4.78 is 2.15. The number of nitrogens with one attached hydrogen (secondary N) is 1. The Morgan fingerprint density at radius 2 is 2.09 bits per heavy atom. The Labute approximate surface area is 136 Å². The summed E-state index contributed by atoms with van der Waals surface area (Å²) in [6.45, 7) is 3.84. The molecule has 0 aromatic carbocycles. The minimum atomic E-state index is -0.610. The first-order valence-corrected chi connectivity index (χ1v) is 8.95. The maximum absolute atomic E-state index is 11.4. The summed E-state index contributed by atoms with van der Waals surface area (Å²) >= 11 is 0. The summed E-state index contributed by atoms with van der Waals surface area (Å²) in [4.78, 5) is 13.9. The van der Waals surface area contributed by atoms with Gasteiger partial charge < -0.3 is 10.4 Å². The third-order valence-electron chi connectivity index (χ3n) is 5.76. The highest BCUT2D eigenvalue weighted by Gasteiger charge is 2.40. The summed E-state index contributed by atoms with van der Waals surface area (Å²) in [5.41, 5.74) is 2.43. The Balaban J connectivity index is 1.49. The summed E-state index contributed by atoms with van der Waals surface area (Å²) in [5.74, 6) is -0.759. The predicted molar refractivity (Wildman–Crippen MR) is 85.9 cm³/mol. The molecule has 2 atom stereocenters. The maximum atomic E-state index is 11.4. The summed E-state index contributed by atoms with van der Waals surface area (Å²) in [6, 6.07) is 3.07. The van der Waals surface area contributed by atoms with Gasteiger partial charge in [-0.1, -0.05) is 6.42 Å². The van der Waals surface area contributed by atoms with Crippen molar-refractivity contribution in [2.75, 3.05) is 6.54 Å². The molecule has 2 saturated heterocycles. The van der Waals surface area contributed by atoms with Gasteiger partial charge in [0.1, 0.15) is 0 Å². The second kappa shape index (κ2) is 6.24. The van der Waals surface area contributed by atoms with Crippen LogP contribution in [0.15, 0.2) is 6.07 Å². The van der Waals surface area contributed by atoms with Crippen LogP contribution in [0.5, 0.6) is 0 Å². The van der Waals surface area contributed by atoms with E-state index < -0.39 is 5.97 Å². The number of aryl methyl sites for hydroxylation is 1. The smallest absolute Gasteiger partial charge is 0.306 e. The lowest BCUT2D eigenvalue weighted by atomic mass is 9.78. The number of carbonyl (C=O) groups is 1. The number of fused-ring (bicyclic) bond motifs is 3. The highest BCUT2D eigenvalue weighted by Crippen LogP contribution is 2.38. The molecule has 3 aliphatic heterocycles. The molecule has 126 valence electrons. The summed E-state index contributed by atoms with van der Waals surface area (Å²) in [5, 5.41) is 17.6. The van der Waals surface area contributed by atoms with Gasteiger partial charge in [0, 0.05) is 31.7 Å². The standard InChI is InChI=1S/C17H26N4O2/c22-17(23)12-7-14-3-1-4-15(8-12)20(14)11-13-9-16-10-18-5-2-6-21(16)19-13/h9,12,14-15,18H,1-8,10-11H2,(H,22,23). The Hall–Kier alpha value is -1.40. The van der Waals surface area contributed by atoms with Gasteiger partial charge in [-0.2, -0.15) is 5.10 Å². The van der Waals surface area contributed by atoms with Crippen LogP contribution >= 0.6 is 0 Å². The molecule has 0 aliphatic carbocycles. The van der Waals surface area contributed by atoms with Gasteiger partial charge in [-0.3, -0.25) is 14.4 Å². The highest BCUT2D eigenvalue weighted by molar-refractivity contribution is 5.70. The van der Waals surface area contributed by atoms with Crippen molar-refractivity contribution in [2.45, 2.75) is 70.2 Å². The van der Waals surface area contributed by atoms with E-state index in [1.54, 1.807) is 0 Å². The van der Waals surface area contributed by atoms with Crippen LogP contribution in [0.25, 0.3) is 0 Å². The number of carboxylic acids is 1. The monoisotopic (exact) mass is 318 g/mol. The molecule has 4 heterocycles. The minimum absolute atomic E-state index is 0.149. The van der Waals surface area contributed by atoms with Crippen molar-refractivity contribution in [2.24, 2.45) is 5.92 Å². The molecule has 0 spiro atoms. The van der Waals surface area contributed by atoms with Gasteiger partial charge in [0.15, 0.2) is 0 Å². The fourth-order valence-electron chi connectivity index (χ4n) is 4.62. The molecule has 0 amide bonds. The number of carboxylic acid groups (broad SMARTS) is 1. The Morgan fingerprint density at radius 1 is 1.30 bits per heavy atom. The molecule has 2 N–H and O–H groups in total. The van der Waals surface area contributed by atoms with Gasteiger partial charge in [0.05, 0.1) is 17.3 Å². The lowest BCUT2D eigenvalue weighted by Crippen LogP contribution is -2.52. The number of aromatic nitrogens is 2. The molecule has 23 heavy (non-hydrogen) atoms. The van der Waals surface area contributed by atoms with Crippen molar-refractivity contribution in [3.05, 3.63) is 17.5 Å². The molecular formula is C17H26N4O2. The van der Waals surface area contributed by atoms with Gasteiger partial charge in [-0.25, -0.2) is 0 Å². The number of hydrogen-bond acceptors (Lipinski definition) is 4. The molecule has 4 rings (SSSR count). The number of rotatable bonds is 3. The van der Waals surface area contributed by atoms with E-state index in [0.717, 1.165) is 64.0 Å². The van der Waals surface area contributed by atoms with E-state index in [0.29, 0.717) is 12.1 Å².